The third kappa shape index (κ3) is 2.67. The Labute approximate surface area is 132 Å². The Morgan fingerprint density at radius 1 is 1.32 bits per heavy atom. The fourth-order valence-corrected chi connectivity index (χ4v) is 3.09. The molecular weight excluding hydrogens is 298 g/mol. The second-order valence-corrected chi connectivity index (χ2v) is 6.19. The van der Waals surface area contributed by atoms with E-state index in [1.807, 2.05) is 49.9 Å². The zero-order chi connectivity index (χ0) is 15.7. The first-order valence-electron chi connectivity index (χ1n) is 7.02. The van der Waals surface area contributed by atoms with Crippen molar-refractivity contribution in [3.8, 4) is 5.13 Å². The van der Waals surface area contributed by atoms with Gasteiger partial charge in [-0.15, -0.1) is 0 Å². The van der Waals surface area contributed by atoms with Gasteiger partial charge in [0.25, 0.3) is 5.91 Å². The first-order valence-corrected chi connectivity index (χ1v) is 7.83. The second kappa shape index (κ2) is 5.76. The van der Waals surface area contributed by atoms with Crippen LogP contribution in [0.3, 0.4) is 0 Å². The maximum absolute atomic E-state index is 12.5. The fourth-order valence-electron chi connectivity index (χ4n) is 2.16. The average molecular weight is 315 g/mol. The molecule has 6 nitrogen and oxygen atoms in total. The largest absolute Gasteiger partial charge is 0.306 e. The highest BCUT2D eigenvalue weighted by atomic mass is 32.1. The summed E-state index contributed by atoms with van der Waals surface area (Å²) in [5.74, 6) is 0.533. The fraction of sp³-hybridized carbons (Fsp3) is 0.267. The van der Waals surface area contributed by atoms with E-state index in [9.17, 15) is 4.79 Å². The summed E-state index contributed by atoms with van der Waals surface area (Å²) in [5, 5.41) is 7.91. The Morgan fingerprint density at radius 3 is 2.73 bits per heavy atom. The number of carbonyl (C=O) groups is 1. The lowest BCUT2D eigenvalue weighted by Crippen LogP contribution is -2.16. The number of aryl methyl sites for hydroxylation is 1. The molecule has 3 aromatic heterocycles. The predicted octanol–water partition coefficient (Wildman–Crippen LogP) is 3.27. The predicted molar refractivity (Wildman–Crippen MR) is 86.7 cm³/mol. The number of anilines is 1. The Morgan fingerprint density at radius 2 is 2.05 bits per heavy atom. The molecule has 3 rings (SSSR count). The number of hydrogen-bond acceptors (Lipinski definition) is 4. The molecule has 0 aliphatic carbocycles. The molecule has 0 unspecified atom stereocenters. The van der Waals surface area contributed by atoms with Gasteiger partial charge in [0.05, 0.1) is 11.9 Å². The van der Waals surface area contributed by atoms with Crippen LogP contribution in [0.2, 0.25) is 0 Å². The van der Waals surface area contributed by atoms with Gasteiger partial charge in [-0.1, -0.05) is 11.3 Å². The van der Waals surface area contributed by atoms with Crippen molar-refractivity contribution in [2.45, 2.75) is 26.8 Å². The van der Waals surface area contributed by atoms with E-state index in [1.165, 1.54) is 11.3 Å². The lowest BCUT2D eigenvalue weighted by Gasteiger charge is -2.11. The van der Waals surface area contributed by atoms with E-state index in [-0.39, 0.29) is 11.9 Å². The summed E-state index contributed by atoms with van der Waals surface area (Å²) < 4.78 is 3.67. The third-order valence-corrected chi connectivity index (χ3v) is 4.39. The summed E-state index contributed by atoms with van der Waals surface area (Å²) in [6, 6.07) is 5.83. The molecule has 22 heavy (non-hydrogen) atoms. The van der Waals surface area contributed by atoms with Crippen LogP contribution < -0.4 is 5.32 Å². The summed E-state index contributed by atoms with van der Waals surface area (Å²) >= 11 is 1.37. The van der Waals surface area contributed by atoms with Crippen molar-refractivity contribution in [2.24, 2.45) is 0 Å². The van der Waals surface area contributed by atoms with E-state index < -0.39 is 0 Å². The minimum absolute atomic E-state index is 0.157. The van der Waals surface area contributed by atoms with Crippen LogP contribution in [0.4, 0.5) is 5.82 Å². The van der Waals surface area contributed by atoms with Crippen molar-refractivity contribution >= 4 is 23.1 Å². The van der Waals surface area contributed by atoms with Crippen molar-refractivity contribution in [1.29, 1.82) is 0 Å². The molecule has 1 amide bonds. The number of nitrogens with zero attached hydrogens (tertiary/aromatic N) is 4. The van der Waals surface area contributed by atoms with Crippen LogP contribution in [0.25, 0.3) is 5.13 Å². The van der Waals surface area contributed by atoms with E-state index in [1.54, 1.807) is 16.9 Å². The normalized spacial score (nSPS) is 11.1. The summed E-state index contributed by atoms with van der Waals surface area (Å²) in [6.07, 6.45) is 5.50. The maximum Gasteiger partial charge on any atom is 0.268 e. The van der Waals surface area contributed by atoms with Crippen LogP contribution in [0.5, 0.6) is 0 Å². The number of thiazole rings is 1. The minimum atomic E-state index is -0.157. The number of nitrogens with one attached hydrogen (secondary N) is 1. The monoisotopic (exact) mass is 315 g/mol. The maximum atomic E-state index is 12.5. The van der Waals surface area contributed by atoms with Gasteiger partial charge in [0.1, 0.15) is 10.7 Å². The van der Waals surface area contributed by atoms with Gasteiger partial charge < -0.3 is 9.88 Å². The average Bonchev–Trinajstić information content (AvgIpc) is 3.16. The number of rotatable bonds is 4. The Hall–Kier alpha value is -2.41. The summed E-state index contributed by atoms with van der Waals surface area (Å²) in [5.41, 5.74) is 0.724. The SMILES string of the molecule is Cc1nc(-n2cccc2)sc1C(=O)Nc1ccnn1C(C)C. The van der Waals surface area contributed by atoms with E-state index >= 15 is 0 Å². The Bertz CT molecular complexity index is 785. The quantitative estimate of drug-likeness (QED) is 0.803. The van der Waals surface area contributed by atoms with E-state index in [4.69, 9.17) is 0 Å². The smallest absolute Gasteiger partial charge is 0.268 e. The van der Waals surface area contributed by atoms with Gasteiger partial charge in [0.2, 0.25) is 0 Å². The molecule has 0 spiro atoms. The summed E-state index contributed by atoms with van der Waals surface area (Å²) in [6.45, 7) is 5.88. The van der Waals surface area contributed by atoms with Crippen LogP contribution in [0.15, 0.2) is 36.8 Å². The highest BCUT2D eigenvalue weighted by molar-refractivity contribution is 7.16. The molecule has 1 N–H and O–H groups in total. The van der Waals surface area contributed by atoms with Gasteiger partial charge in [-0.2, -0.15) is 5.10 Å². The second-order valence-electron chi connectivity index (χ2n) is 5.21. The topological polar surface area (TPSA) is 64.7 Å². The van der Waals surface area contributed by atoms with Gasteiger partial charge in [-0.25, -0.2) is 9.67 Å². The molecular formula is C15H17N5OS. The zero-order valence-corrected chi connectivity index (χ0v) is 13.5. The molecule has 0 atom stereocenters. The lowest BCUT2D eigenvalue weighted by molar-refractivity contribution is 0.102. The number of hydrogen-bond donors (Lipinski definition) is 1. The molecule has 0 aliphatic rings. The van der Waals surface area contributed by atoms with Crippen LogP contribution in [-0.2, 0) is 0 Å². The molecule has 0 aromatic carbocycles. The van der Waals surface area contributed by atoms with Crippen LogP contribution in [0.1, 0.15) is 35.3 Å². The van der Waals surface area contributed by atoms with Crippen molar-refractivity contribution in [1.82, 2.24) is 19.3 Å². The van der Waals surface area contributed by atoms with E-state index in [0.29, 0.717) is 10.7 Å². The molecule has 0 radical (unpaired) electrons. The standard InChI is InChI=1S/C15H17N5OS/c1-10(2)20-12(6-7-16-20)18-14(21)13-11(3)17-15(22-13)19-8-4-5-9-19/h4-10H,1-3H3,(H,18,21). The van der Waals surface area contributed by atoms with Crippen molar-refractivity contribution in [3.63, 3.8) is 0 Å². The molecule has 114 valence electrons. The van der Waals surface area contributed by atoms with Gasteiger partial charge in [-0.05, 0) is 32.9 Å². The first-order chi connectivity index (χ1) is 10.6. The lowest BCUT2D eigenvalue weighted by atomic mass is 10.3. The molecule has 3 heterocycles. The highest BCUT2D eigenvalue weighted by Crippen LogP contribution is 2.23. The molecule has 0 fully saturated rings. The first kappa shape index (κ1) is 14.5. The van der Waals surface area contributed by atoms with Gasteiger partial charge in [0.15, 0.2) is 5.13 Å². The van der Waals surface area contributed by atoms with Crippen LogP contribution >= 0.6 is 11.3 Å². The number of carbonyl (C=O) groups excluding carboxylic acids is 1. The van der Waals surface area contributed by atoms with Gasteiger partial charge in [-0.3, -0.25) is 4.79 Å². The zero-order valence-electron chi connectivity index (χ0n) is 12.6. The Kier molecular flexibility index (Phi) is 3.81. The van der Waals surface area contributed by atoms with Crippen molar-refractivity contribution in [3.05, 3.63) is 47.4 Å². The summed E-state index contributed by atoms with van der Waals surface area (Å²) in [7, 11) is 0. The molecule has 0 bridgehead atoms. The third-order valence-electron chi connectivity index (χ3n) is 3.22. The Balaban J connectivity index is 1.85. The van der Waals surface area contributed by atoms with Crippen LogP contribution in [-0.4, -0.2) is 25.2 Å². The van der Waals surface area contributed by atoms with Gasteiger partial charge in [0, 0.05) is 24.5 Å². The minimum Gasteiger partial charge on any atom is -0.306 e. The molecule has 7 heteroatoms. The van der Waals surface area contributed by atoms with Crippen molar-refractivity contribution in [2.75, 3.05) is 5.32 Å². The van der Waals surface area contributed by atoms with Gasteiger partial charge >= 0.3 is 0 Å². The molecule has 0 saturated carbocycles. The molecule has 3 aromatic rings. The molecule has 0 saturated heterocycles. The van der Waals surface area contributed by atoms with Crippen molar-refractivity contribution < 1.29 is 4.79 Å². The number of aromatic nitrogens is 4. The summed E-state index contributed by atoms with van der Waals surface area (Å²) in [4.78, 5) is 17.6. The molecule has 0 aliphatic heterocycles. The van der Waals surface area contributed by atoms with E-state index in [2.05, 4.69) is 15.4 Å². The highest BCUT2D eigenvalue weighted by Gasteiger charge is 2.18. The van der Waals surface area contributed by atoms with Crippen LogP contribution in [0, 0.1) is 6.92 Å². The van der Waals surface area contributed by atoms with E-state index in [0.717, 1.165) is 10.8 Å². The number of amides is 1.